The summed E-state index contributed by atoms with van der Waals surface area (Å²) >= 11 is -3.70. The minimum Gasteiger partial charge on any atom is -1.00 e. The van der Waals surface area contributed by atoms with Crippen molar-refractivity contribution >= 4 is 11.9 Å². The minimum absolute atomic E-state index is 0. The van der Waals surface area contributed by atoms with Crippen molar-refractivity contribution in [3.8, 4) is 0 Å². The van der Waals surface area contributed by atoms with Crippen molar-refractivity contribution in [1.82, 2.24) is 0 Å². The van der Waals surface area contributed by atoms with Gasteiger partial charge >= 0.3 is 351 Å². The van der Waals surface area contributed by atoms with Crippen LogP contribution >= 0.6 is 0 Å². The summed E-state index contributed by atoms with van der Waals surface area (Å²) in [6, 6.07) is 59.6. The number of halogens is 1. The van der Waals surface area contributed by atoms with E-state index in [1.54, 1.807) is 0 Å². The van der Waals surface area contributed by atoms with E-state index in [4.69, 9.17) is 6.64 Å². The molecule has 0 heterocycles. The van der Waals surface area contributed by atoms with Crippen molar-refractivity contribution in [3.63, 3.8) is 0 Å². The molecule has 1 atom stereocenters. The summed E-state index contributed by atoms with van der Waals surface area (Å²) in [6.07, 6.45) is 8.34. The first-order chi connectivity index (χ1) is 28.6. The minimum atomic E-state index is -3.70. The quantitative estimate of drug-likeness (QED) is 0.0967. The maximum atomic E-state index is 15.9. The average molecular weight is 831 g/mol. The van der Waals surface area contributed by atoms with Crippen molar-refractivity contribution in [2.24, 2.45) is 0 Å². The summed E-state index contributed by atoms with van der Waals surface area (Å²) in [5.74, 6) is -0.820. The number of allylic oxidation sites excluding steroid dienone is 4. The number of carbonyl (C=O) groups excluding carboxylic acids is 2. The zero-order chi connectivity index (χ0) is 39.4. The Morgan fingerprint density at radius 1 is 0.441 bits per heavy atom. The SMILES string of the molecule is O=C([O][Ti+]([O]C(=O)C(c1ccccc1)(c1ccccc1)c1ccccc1)[CH]1CCCC2=C1CC1=C2CCCC1)C(c1ccccc1)(c1ccccc1)c1ccccc1.[Cl-]. The largest absolute Gasteiger partial charge is 1.00 e. The number of hydrogen-bond acceptors (Lipinski definition) is 4. The van der Waals surface area contributed by atoms with Gasteiger partial charge in [0.25, 0.3) is 0 Å². The average Bonchev–Trinajstić information content (AvgIpc) is 3.68. The summed E-state index contributed by atoms with van der Waals surface area (Å²) in [7, 11) is 0. The molecule has 0 aromatic heterocycles. The van der Waals surface area contributed by atoms with Crippen LogP contribution < -0.4 is 12.4 Å². The fourth-order valence-electron chi connectivity index (χ4n) is 9.95. The van der Waals surface area contributed by atoms with Gasteiger partial charge in [0.15, 0.2) is 0 Å². The molecule has 0 saturated carbocycles. The van der Waals surface area contributed by atoms with E-state index in [0.29, 0.717) is 0 Å². The van der Waals surface area contributed by atoms with Gasteiger partial charge in [-0.25, -0.2) is 0 Å². The molecule has 0 saturated heterocycles. The van der Waals surface area contributed by atoms with Crippen molar-refractivity contribution in [2.45, 2.75) is 66.4 Å². The van der Waals surface area contributed by atoms with E-state index in [1.165, 1.54) is 35.1 Å². The number of carbonyl (C=O) groups is 2. The molecule has 0 bridgehead atoms. The van der Waals surface area contributed by atoms with Gasteiger partial charge in [-0.2, -0.15) is 0 Å². The maximum absolute atomic E-state index is 15.9. The van der Waals surface area contributed by atoms with Crippen LogP contribution in [0.25, 0.3) is 0 Å². The number of benzene rings is 6. The van der Waals surface area contributed by atoms with Gasteiger partial charge in [-0.3, -0.25) is 0 Å². The van der Waals surface area contributed by atoms with Crippen molar-refractivity contribution in [3.05, 3.63) is 238 Å². The summed E-state index contributed by atoms with van der Waals surface area (Å²) < 4.78 is 14.2. The Bertz CT molecular complexity index is 2100. The third kappa shape index (κ3) is 7.37. The van der Waals surface area contributed by atoms with Crippen LogP contribution in [0, 0.1) is 0 Å². The Balaban J connectivity index is 0.00000484. The van der Waals surface area contributed by atoms with Gasteiger partial charge in [0.1, 0.15) is 0 Å². The molecule has 6 aromatic rings. The molecule has 59 heavy (non-hydrogen) atoms. The zero-order valence-electron chi connectivity index (χ0n) is 33.1. The van der Waals surface area contributed by atoms with Crippen LogP contribution in [0.5, 0.6) is 0 Å². The Morgan fingerprint density at radius 3 is 1.12 bits per heavy atom. The van der Waals surface area contributed by atoms with E-state index in [1.807, 2.05) is 182 Å². The molecule has 9 rings (SSSR count). The van der Waals surface area contributed by atoms with Crippen LogP contribution in [0.4, 0.5) is 0 Å². The molecule has 1 unspecified atom stereocenters. The molecule has 6 aromatic carbocycles. The third-order valence-electron chi connectivity index (χ3n) is 12.6. The summed E-state index contributed by atoms with van der Waals surface area (Å²) in [4.78, 5) is 31.8. The predicted molar refractivity (Wildman–Crippen MR) is 225 cm³/mol. The Morgan fingerprint density at radius 2 is 0.763 bits per heavy atom. The number of rotatable bonds is 11. The van der Waals surface area contributed by atoms with Gasteiger partial charge in [-0.1, -0.05) is 0 Å². The van der Waals surface area contributed by atoms with Crippen molar-refractivity contribution < 1.29 is 47.3 Å². The molecular formula is C53H47ClO4Ti. The molecule has 0 amide bonds. The Hall–Kier alpha value is -5.26. The van der Waals surface area contributed by atoms with Crippen molar-refractivity contribution in [2.75, 3.05) is 0 Å². The second-order valence-electron chi connectivity index (χ2n) is 15.7. The van der Waals surface area contributed by atoms with Crippen LogP contribution in [0.3, 0.4) is 0 Å². The van der Waals surface area contributed by atoms with E-state index in [0.717, 1.165) is 71.9 Å². The van der Waals surface area contributed by atoms with Gasteiger partial charge in [0, 0.05) is 0 Å². The Kier molecular flexibility index (Phi) is 12.3. The van der Waals surface area contributed by atoms with Gasteiger partial charge in [0.05, 0.1) is 0 Å². The van der Waals surface area contributed by atoms with E-state index >= 15 is 9.59 Å². The normalized spacial score (nSPS) is 16.3. The van der Waals surface area contributed by atoms with E-state index in [2.05, 4.69) is 0 Å². The molecule has 294 valence electrons. The van der Waals surface area contributed by atoms with Crippen LogP contribution in [-0.2, 0) is 45.7 Å². The molecule has 3 aliphatic carbocycles. The Labute approximate surface area is 361 Å². The number of hydrogen-bond donors (Lipinski definition) is 0. The topological polar surface area (TPSA) is 52.6 Å². The summed E-state index contributed by atoms with van der Waals surface area (Å²) in [5.41, 5.74) is 8.04. The third-order valence-corrected chi connectivity index (χ3v) is 15.7. The second kappa shape index (κ2) is 17.9. The molecule has 6 heteroatoms. The summed E-state index contributed by atoms with van der Waals surface area (Å²) in [6.45, 7) is 0. The molecule has 0 N–H and O–H groups in total. The van der Waals surface area contributed by atoms with Gasteiger partial charge in [-0.15, -0.1) is 0 Å². The number of fused-ring (bicyclic) bond motifs is 1. The first kappa shape index (κ1) is 40.5. The first-order valence-corrected chi connectivity index (χ1v) is 22.9. The standard InChI is InChI=1S/2C20H16O2.C13H17.ClH.Ti/c2*21-19(22)20(16-10-4-1-5-11-16,17-12-6-2-7-13-17)18-14-8-3-9-15-18;1-3-7-12-10(5-1)9-11-6-2-4-8-13(11)12;;/h2*1-15H,(H,21,22);5H,1-4,6-9H2;1H;/q;;;;+3/p-3. The first-order valence-electron chi connectivity index (χ1n) is 20.7. The second-order valence-corrected chi connectivity index (χ2v) is 18.4. The molecular weight excluding hydrogens is 784 g/mol. The molecule has 0 radical (unpaired) electrons. The zero-order valence-corrected chi connectivity index (χ0v) is 35.4. The molecule has 0 aliphatic heterocycles. The van der Waals surface area contributed by atoms with Crippen molar-refractivity contribution in [1.29, 1.82) is 0 Å². The molecule has 0 fully saturated rings. The van der Waals surface area contributed by atoms with E-state index in [-0.39, 0.29) is 16.6 Å². The van der Waals surface area contributed by atoms with E-state index in [9.17, 15) is 0 Å². The van der Waals surface area contributed by atoms with Crippen LogP contribution in [0.1, 0.15) is 84.7 Å². The van der Waals surface area contributed by atoms with Crippen LogP contribution in [0.15, 0.2) is 204 Å². The fraction of sp³-hybridized carbons (Fsp3) is 0.208. The smallest absolute Gasteiger partial charge is 1.00 e. The molecule has 4 nitrogen and oxygen atoms in total. The predicted octanol–water partition coefficient (Wildman–Crippen LogP) is 9.14. The van der Waals surface area contributed by atoms with Gasteiger partial charge in [-0.05, 0) is 0 Å². The molecule has 0 spiro atoms. The maximum Gasteiger partial charge on any atom is -1.00 e. The monoisotopic (exact) mass is 830 g/mol. The fourth-order valence-corrected chi connectivity index (χ4v) is 13.1. The van der Waals surface area contributed by atoms with Crippen LogP contribution in [-0.4, -0.2) is 11.9 Å². The van der Waals surface area contributed by atoms with Gasteiger partial charge in [0.2, 0.25) is 0 Å². The molecule has 3 aliphatic rings. The van der Waals surface area contributed by atoms with Gasteiger partial charge < -0.3 is 12.4 Å². The van der Waals surface area contributed by atoms with E-state index < -0.39 is 41.4 Å². The summed E-state index contributed by atoms with van der Waals surface area (Å²) in [5, 5.41) is 0. The van der Waals surface area contributed by atoms with Crippen LogP contribution in [0.2, 0.25) is 4.22 Å².